The van der Waals surface area contributed by atoms with Crippen molar-refractivity contribution in [2.45, 2.75) is 26.3 Å². The van der Waals surface area contributed by atoms with E-state index < -0.39 is 5.91 Å². The van der Waals surface area contributed by atoms with E-state index >= 15 is 0 Å². The molecule has 0 saturated carbocycles. The number of amides is 1. The number of aryl methyl sites for hydroxylation is 1. The van der Waals surface area contributed by atoms with Crippen LogP contribution in [0.25, 0.3) is 5.65 Å². The van der Waals surface area contributed by atoms with Crippen molar-refractivity contribution in [1.82, 2.24) is 14.7 Å². The number of hydrogen-bond acceptors (Lipinski definition) is 3. The van der Waals surface area contributed by atoms with Gasteiger partial charge in [0.1, 0.15) is 11.2 Å². The second-order valence-electron chi connectivity index (χ2n) is 6.12. The van der Waals surface area contributed by atoms with Crippen LogP contribution in [0.1, 0.15) is 28.4 Å². The molecule has 2 heterocycles. The maximum atomic E-state index is 12.5. The first-order valence-electron chi connectivity index (χ1n) is 7.97. The summed E-state index contributed by atoms with van der Waals surface area (Å²) < 4.78 is 1.38. The molecule has 128 valence electrons. The number of fused-ring (bicyclic) bond motifs is 1. The van der Waals surface area contributed by atoms with E-state index in [1.165, 1.54) is 10.6 Å². The lowest BCUT2D eigenvalue weighted by Gasteiger charge is -2.14. The van der Waals surface area contributed by atoms with E-state index in [0.717, 1.165) is 11.1 Å². The number of nitrogens with one attached hydrogen (secondary N) is 1. The van der Waals surface area contributed by atoms with Gasteiger partial charge in [-0.15, -0.1) is 0 Å². The summed E-state index contributed by atoms with van der Waals surface area (Å²) in [6, 6.07) is 10.9. The first kappa shape index (κ1) is 17.2. The summed E-state index contributed by atoms with van der Waals surface area (Å²) in [6.45, 7) is 3.80. The Morgan fingerprint density at radius 2 is 2.12 bits per heavy atom. The van der Waals surface area contributed by atoms with Crippen LogP contribution in [-0.4, -0.2) is 21.3 Å². The van der Waals surface area contributed by atoms with Crippen LogP contribution in [0.15, 0.2) is 53.6 Å². The third kappa shape index (κ3) is 3.88. The van der Waals surface area contributed by atoms with Gasteiger partial charge >= 0.3 is 0 Å². The van der Waals surface area contributed by atoms with E-state index in [0.29, 0.717) is 17.1 Å². The predicted octanol–water partition coefficient (Wildman–Crippen LogP) is 3.02. The lowest BCUT2D eigenvalue weighted by Crippen LogP contribution is -2.38. The largest absolute Gasteiger partial charge is 0.349 e. The molecule has 1 N–H and O–H groups in total. The number of hydrogen-bond donors (Lipinski definition) is 1. The van der Waals surface area contributed by atoms with E-state index in [9.17, 15) is 9.59 Å². The lowest BCUT2D eigenvalue weighted by molar-refractivity contribution is 0.0938. The Kier molecular flexibility index (Phi) is 4.86. The van der Waals surface area contributed by atoms with Crippen molar-refractivity contribution in [2.75, 3.05) is 0 Å². The van der Waals surface area contributed by atoms with Crippen LogP contribution < -0.4 is 10.9 Å². The monoisotopic (exact) mass is 355 g/mol. The second kappa shape index (κ2) is 7.07. The van der Waals surface area contributed by atoms with Crippen molar-refractivity contribution in [1.29, 1.82) is 0 Å². The van der Waals surface area contributed by atoms with Crippen molar-refractivity contribution in [3.63, 3.8) is 0 Å². The van der Waals surface area contributed by atoms with Gasteiger partial charge < -0.3 is 5.32 Å². The molecule has 2 aromatic heterocycles. The Labute approximate surface area is 150 Å². The number of pyridine rings is 1. The van der Waals surface area contributed by atoms with Crippen LogP contribution in [0, 0.1) is 6.92 Å². The molecule has 5 nitrogen and oxygen atoms in total. The minimum Gasteiger partial charge on any atom is -0.349 e. The molecule has 0 fully saturated rings. The van der Waals surface area contributed by atoms with Crippen LogP contribution in [0.2, 0.25) is 5.02 Å². The van der Waals surface area contributed by atoms with E-state index in [1.54, 1.807) is 24.4 Å². The third-order valence-corrected chi connectivity index (χ3v) is 4.15. The van der Waals surface area contributed by atoms with Crippen molar-refractivity contribution < 1.29 is 4.79 Å². The molecule has 0 saturated heterocycles. The SMILES string of the molecule is Cc1ccn2c(=O)c(C(=O)N[C@@H](C)Cc3cccc(Cl)c3)cnc2c1. The maximum Gasteiger partial charge on any atom is 0.270 e. The fraction of sp³-hybridized carbons (Fsp3) is 0.211. The van der Waals surface area contributed by atoms with Crippen LogP contribution in [0.4, 0.5) is 0 Å². The number of rotatable bonds is 4. The summed E-state index contributed by atoms with van der Waals surface area (Å²) in [5.74, 6) is -0.429. The molecule has 0 aliphatic rings. The van der Waals surface area contributed by atoms with E-state index in [1.807, 2.05) is 32.0 Å². The van der Waals surface area contributed by atoms with Gasteiger partial charge in [0.2, 0.25) is 0 Å². The zero-order valence-corrected chi connectivity index (χ0v) is 14.7. The smallest absolute Gasteiger partial charge is 0.270 e. The van der Waals surface area contributed by atoms with Gasteiger partial charge in [0.05, 0.1) is 0 Å². The molecule has 1 amide bonds. The van der Waals surface area contributed by atoms with Gasteiger partial charge in [0.15, 0.2) is 0 Å². The van der Waals surface area contributed by atoms with Gasteiger partial charge in [-0.25, -0.2) is 4.98 Å². The molecule has 3 aromatic rings. The maximum absolute atomic E-state index is 12.5. The molecular formula is C19H18ClN3O2. The Bertz CT molecular complexity index is 997. The van der Waals surface area contributed by atoms with Crippen LogP contribution >= 0.6 is 11.6 Å². The zero-order chi connectivity index (χ0) is 18.0. The van der Waals surface area contributed by atoms with Crippen LogP contribution in [0.5, 0.6) is 0 Å². The first-order chi connectivity index (χ1) is 11.9. The highest BCUT2D eigenvalue weighted by molar-refractivity contribution is 6.30. The summed E-state index contributed by atoms with van der Waals surface area (Å²) in [6.07, 6.45) is 3.58. The van der Waals surface area contributed by atoms with Gasteiger partial charge in [-0.3, -0.25) is 14.0 Å². The predicted molar refractivity (Wildman–Crippen MR) is 98.3 cm³/mol. The highest BCUT2D eigenvalue weighted by Gasteiger charge is 2.16. The summed E-state index contributed by atoms with van der Waals surface area (Å²) in [7, 11) is 0. The topological polar surface area (TPSA) is 63.5 Å². The number of halogens is 1. The van der Waals surface area contributed by atoms with Crippen molar-refractivity contribution in [3.8, 4) is 0 Å². The van der Waals surface area contributed by atoms with Gasteiger partial charge in [0.25, 0.3) is 11.5 Å². The molecule has 0 aliphatic carbocycles. The number of carbonyl (C=O) groups is 1. The minimum atomic E-state index is -0.429. The highest BCUT2D eigenvalue weighted by atomic mass is 35.5. The molecule has 0 radical (unpaired) electrons. The minimum absolute atomic E-state index is 0.0271. The highest BCUT2D eigenvalue weighted by Crippen LogP contribution is 2.12. The van der Waals surface area contributed by atoms with Gasteiger partial charge in [-0.1, -0.05) is 23.7 Å². The second-order valence-corrected chi connectivity index (χ2v) is 6.55. The summed E-state index contributed by atoms with van der Waals surface area (Å²) >= 11 is 5.98. The quantitative estimate of drug-likeness (QED) is 0.782. The van der Waals surface area contributed by atoms with E-state index in [4.69, 9.17) is 11.6 Å². The average Bonchev–Trinajstić information content (AvgIpc) is 2.54. The molecule has 0 bridgehead atoms. The fourth-order valence-electron chi connectivity index (χ4n) is 2.70. The molecule has 0 spiro atoms. The fourth-order valence-corrected chi connectivity index (χ4v) is 2.92. The molecule has 1 atom stereocenters. The van der Waals surface area contributed by atoms with Crippen molar-refractivity contribution in [2.24, 2.45) is 0 Å². The Hall–Kier alpha value is -2.66. The number of aromatic nitrogens is 2. The number of benzene rings is 1. The molecule has 0 unspecified atom stereocenters. The molecule has 6 heteroatoms. The van der Waals surface area contributed by atoms with Crippen LogP contribution in [0.3, 0.4) is 0 Å². The molecule has 3 rings (SSSR count). The molecule has 1 aromatic carbocycles. The Morgan fingerprint density at radius 1 is 1.32 bits per heavy atom. The van der Waals surface area contributed by atoms with Crippen LogP contribution in [-0.2, 0) is 6.42 Å². The average molecular weight is 356 g/mol. The van der Waals surface area contributed by atoms with Gasteiger partial charge in [0, 0.05) is 23.5 Å². The number of nitrogens with zero attached hydrogens (tertiary/aromatic N) is 2. The lowest BCUT2D eigenvalue weighted by atomic mass is 10.1. The zero-order valence-electron chi connectivity index (χ0n) is 14.0. The standard InChI is InChI=1S/C19H18ClN3O2/c1-12-6-7-23-17(8-12)21-11-16(19(23)25)18(24)22-13(2)9-14-4-3-5-15(20)10-14/h3-8,10-11,13H,9H2,1-2H3,(H,22,24)/t13-/m0/s1. The van der Waals surface area contributed by atoms with Crippen molar-refractivity contribution in [3.05, 3.63) is 80.9 Å². The molecular weight excluding hydrogens is 338 g/mol. The molecule has 0 aliphatic heterocycles. The van der Waals surface area contributed by atoms with Gasteiger partial charge in [-0.05, 0) is 55.7 Å². The molecule has 25 heavy (non-hydrogen) atoms. The third-order valence-electron chi connectivity index (χ3n) is 3.92. The van der Waals surface area contributed by atoms with Gasteiger partial charge in [-0.2, -0.15) is 0 Å². The van der Waals surface area contributed by atoms with E-state index in [2.05, 4.69) is 10.3 Å². The Morgan fingerprint density at radius 3 is 2.88 bits per heavy atom. The summed E-state index contributed by atoms with van der Waals surface area (Å²) in [5, 5.41) is 3.50. The van der Waals surface area contributed by atoms with Crippen molar-refractivity contribution >= 4 is 23.2 Å². The first-order valence-corrected chi connectivity index (χ1v) is 8.35. The normalized spacial score (nSPS) is 12.1. The number of carbonyl (C=O) groups excluding carboxylic acids is 1. The summed E-state index contributed by atoms with van der Waals surface area (Å²) in [4.78, 5) is 29.2. The van der Waals surface area contributed by atoms with E-state index in [-0.39, 0.29) is 17.2 Å². The summed E-state index contributed by atoms with van der Waals surface area (Å²) in [5.41, 5.74) is 2.19. The Balaban J connectivity index is 1.79.